The van der Waals surface area contributed by atoms with Gasteiger partial charge in [0.25, 0.3) is 5.91 Å². The lowest BCUT2D eigenvalue weighted by Crippen LogP contribution is -2.59. The van der Waals surface area contributed by atoms with E-state index in [1.807, 2.05) is 32.9 Å². The third-order valence-corrected chi connectivity index (χ3v) is 11.7. The first kappa shape index (κ1) is 27.5. The molecule has 4 rings (SSSR count). The van der Waals surface area contributed by atoms with Gasteiger partial charge in [-0.25, -0.2) is 0 Å². The van der Waals surface area contributed by atoms with Crippen LogP contribution in [0.5, 0.6) is 0 Å². The largest absolute Gasteiger partial charge is 0.481 e. The Balaban J connectivity index is 1.91. The van der Waals surface area contributed by atoms with E-state index in [4.69, 9.17) is 11.6 Å². The normalized spacial score (nSPS) is 32.3. The first-order valence-electron chi connectivity index (χ1n) is 12.2. The molecule has 36 heavy (non-hydrogen) atoms. The number of aryl methyl sites for hydroxylation is 1. The van der Waals surface area contributed by atoms with Gasteiger partial charge in [0, 0.05) is 16.6 Å². The number of nitrogens with zero attached hydrogens (tertiary/aromatic N) is 2. The van der Waals surface area contributed by atoms with Gasteiger partial charge < -0.3 is 20.0 Å². The van der Waals surface area contributed by atoms with E-state index in [0.717, 1.165) is 5.56 Å². The summed E-state index contributed by atoms with van der Waals surface area (Å²) in [5, 5.41) is 20.6. The van der Waals surface area contributed by atoms with Crippen molar-refractivity contribution in [2.24, 2.45) is 17.8 Å². The Kier molecular flexibility index (Phi) is 7.87. The Morgan fingerprint density at radius 3 is 2.69 bits per heavy atom. The van der Waals surface area contributed by atoms with Crippen molar-refractivity contribution in [2.75, 3.05) is 18.1 Å². The number of anilines is 1. The van der Waals surface area contributed by atoms with E-state index in [1.165, 1.54) is 16.7 Å². The zero-order chi connectivity index (χ0) is 26.5. The number of carboxylic acid groups (broad SMARTS) is 1. The van der Waals surface area contributed by atoms with Gasteiger partial charge in [0.1, 0.15) is 6.04 Å². The number of thioether (sulfide) groups is 1. The molecule has 1 aromatic rings. The molecule has 3 fully saturated rings. The number of fused-ring (bicyclic) bond motifs is 1. The second-order valence-electron chi connectivity index (χ2n) is 10.0. The van der Waals surface area contributed by atoms with E-state index in [2.05, 4.69) is 22.5 Å². The molecule has 2 amide bonds. The van der Waals surface area contributed by atoms with Crippen molar-refractivity contribution < 1.29 is 24.6 Å². The van der Waals surface area contributed by atoms with Crippen molar-refractivity contribution in [2.45, 2.75) is 60.5 Å². The van der Waals surface area contributed by atoms with Crippen LogP contribution in [0.15, 0.2) is 30.9 Å². The van der Waals surface area contributed by atoms with Crippen molar-refractivity contribution in [3.8, 4) is 0 Å². The van der Waals surface area contributed by atoms with Gasteiger partial charge in [-0.15, -0.1) is 18.3 Å². The molecule has 0 aromatic heterocycles. The molecule has 3 saturated heterocycles. The first-order chi connectivity index (χ1) is 17.0. The van der Waals surface area contributed by atoms with Crippen molar-refractivity contribution in [3.63, 3.8) is 0 Å². The molecular weight excluding hydrogens is 568 g/mol. The van der Waals surface area contributed by atoms with Crippen molar-refractivity contribution >= 4 is 62.8 Å². The van der Waals surface area contributed by atoms with Crippen LogP contribution in [0.3, 0.4) is 0 Å². The lowest BCUT2D eigenvalue weighted by atomic mass is 9.71. The standard InChI is InChI=1S/C26H32BrClN2O5S/c1-5-10-29(20-14(4)8-7-9-16(20)28)24(33)22-26-11-15(27)21(36-26)18(25(34)35)19(26)23(32)30(22)17(12-31)13(3)6-2/h5,7-9,13,15,17-19,21-22,31H,1,6,10-12H2,2-4H3,(H,34,35)/t13-,15?,17-,18+,19-,21+,22?,26?/m0/s1. The second kappa shape index (κ2) is 10.3. The summed E-state index contributed by atoms with van der Waals surface area (Å²) in [7, 11) is 0. The maximum atomic E-state index is 14.6. The Morgan fingerprint density at radius 2 is 2.14 bits per heavy atom. The van der Waals surface area contributed by atoms with Gasteiger partial charge in [-0.05, 0) is 30.9 Å². The number of amides is 2. The fourth-order valence-corrected chi connectivity index (χ4v) is 10.2. The highest BCUT2D eigenvalue weighted by Gasteiger charge is 2.76. The topological polar surface area (TPSA) is 98.2 Å². The van der Waals surface area contributed by atoms with Crippen LogP contribution in [0.25, 0.3) is 0 Å². The predicted octanol–water partition coefficient (Wildman–Crippen LogP) is 4.12. The molecule has 1 spiro atoms. The number of aliphatic hydroxyl groups is 1. The van der Waals surface area contributed by atoms with Crippen LogP contribution in [0.1, 0.15) is 32.3 Å². The van der Waals surface area contributed by atoms with Gasteiger partial charge in [-0.3, -0.25) is 14.4 Å². The van der Waals surface area contributed by atoms with Crippen LogP contribution in [0.4, 0.5) is 5.69 Å². The summed E-state index contributed by atoms with van der Waals surface area (Å²) in [6, 6.07) is 3.83. The molecule has 0 aliphatic carbocycles. The molecule has 196 valence electrons. The van der Waals surface area contributed by atoms with Crippen molar-refractivity contribution in [1.29, 1.82) is 0 Å². The van der Waals surface area contributed by atoms with Gasteiger partial charge in [0.2, 0.25) is 5.91 Å². The number of hydrogen-bond acceptors (Lipinski definition) is 5. The number of carbonyl (C=O) groups is 3. The van der Waals surface area contributed by atoms with Gasteiger partial charge in [-0.1, -0.05) is 66.0 Å². The van der Waals surface area contributed by atoms with Gasteiger partial charge in [0.05, 0.1) is 39.9 Å². The molecule has 10 heteroatoms. The average Bonchev–Trinajstić information content (AvgIpc) is 3.42. The van der Waals surface area contributed by atoms with Crippen LogP contribution in [-0.4, -0.2) is 73.0 Å². The van der Waals surface area contributed by atoms with E-state index in [1.54, 1.807) is 17.0 Å². The molecule has 8 atom stereocenters. The third kappa shape index (κ3) is 4.01. The number of likely N-dealkylation sites (tertiary alicyclic amines) is 1. The third-order valence-electron chi connectivity index (χ3n) is 8.13. The van der Waals surface area contributed by atoms with Crippen LogP contribution in [-0.2, 0) is 14.4 Å². The number of halogens is 2. The maximum Gasteiger partial charge on any atom is 0.308 e. The number of aliphatic hydroxyl groups excluding tert-OH is 1. The fraction of sp³-hybridized carbons (Fsp3) is 0.577. The highest BCUT2D eigenvalue weighted by molar-refractivity contribution is 9.09. The quantitative estimate of drug-likeness (QED) is 0.327. The number of alkyl halides is 1. The zero-order valence-corrected chi connectivity index (χ0v) is 23.7. The van der Waals surface area contributed by atoms with Crippen LogP contribution >= 0.6 is 39.3 Å². The minimum absolute atomic E-state index is 0.0929. The van der Waals surface area contributed by atoms with E-state index < -0.39 is 34.6 Å². The molecule has 3 aliphatic rings. The molecule has 3 aliphatic heterocycles. The summed E-state index contributed by atoms with van der Waals surface area (Å²) in [6.07, 6.45) is 2.78. The number of aliphatic carboxylic acids is 1. The molecule has 0 saturated carbocycles. The monoisotopic (exact) mass is 598 g/mol. The van der Waals surface area contributed by atoms with Crippen molar-refractivity contribution in [3.05, 3.63) is 41.4 Å². The number of para-hydroxylation sites is 1. The maximum absolute atomic E-state index is 14.6. The predicted molar refractivity (Wildman–Crippen MR) is 146 cm³/mol. The van der Waals surface area contributed by atoms with E-state index >= 15 is 0 Å². The SMILES string of the molecule is C=CCN(C(=O)C1N([C@@H](CO)[C@@H](C)CC)C(=O)[C@@H]2[C@@H](C(=O)O)[C@@H]3SC12CC3Br)c1c(C)cccc1Cl. The highest BCUT2D eigenvalue weighted by Crippen LogP contribution is 2.68. The van der Waals surface area contributed by atoms with Crippen LogP contribution in [0, 0.1) is 24.7 Å². The zero-order valence-electron chi connectivity index (χ0n) is 20.6. The summed E-state index contributed by atoms with van der Waals surface area (Å²) in [4.78, 5) is 44.0. The molecule has 0 radical (unpaired) electrons. The van der Waals surface area contributed by atoms with Gasteiger partial charge in [0.15, 0.2) is 0 Å². The summed E-state index contributed by atoms with van der Waals surface area (Å²) in [5.41, 5.74) is 1.34. The number of carboxylic acids is 1. The number of hydrogen-bond donors (Lipinski definition) is 2. The minimum atomic E-state index is -1.03. The summed E-state index contributed by atoms with van der Waals surface area (Å²) >= 11 is 11.7. The molecule has 3 unspecified atom stereocenters. The Morgan fingerprint density at radius 1 is 1.44 bits per heavy atom. The minimum Gasteiger partial charge on any atom is -0.481 e. The molecule has 3 heterocycles. The Labute approximate surface area is 229 Å². The molecular formula is C26H32BrClN2O5S. The number of carbonyl (C=O) groups excluding carboxylic acids is 2. The van der Waals surface area contributed by atoms with Crippen LogP contribution in [0.2, 0.25) is 5.02 Å². The fourth-order valence-electron chi connectivity index (χ4n) is 6.33. The number of benzene rings is 1. The van der Waals surface area contributed by atoms with E-state index in [0.29, 0.717) is 23.6 Å². The smallest absolute Gasteiger partial charge is 0.308 e. The highest BCUT2D eigenvalue weighted by atomic mass is 79.9. The summed E-state index contributed by atoms with van der Waals surface area (Å²) in [5.74, 6) is -3.56. The molecule has 7 nitrogen and oxygen atoms in total. The Bertz CT molecular complexity index is 1070. The van der Waals surface area contributed by atoms with Crippen LogP contribution < -0.4 is 4.90 Å². The lowest BCUT2D eigenvalue weighted by Gasteiger charge is -2.41. The Hall–Kier alpha value is -1.55. The summed E-state index contributed by atoms with van der Waals surface area (Å²) in [6.45, 7) is 9.46. The lowest BCUT2D eigenvalue weighted by molar-refractivity contribution is -0.149. The van der Waals surface area contributed by atoms with Crippen molar-refractivity contribution in [1.82, 2.24) is 4.90 Å². The van der Waals surface area contributed by atoms with Gasteiger partial charge >= 0.3 is 5.97 Å². The number of rotatable bonds is 9. The van der Waals surface area contributed by atoms with E-state index in [-0.39, 0.29) is 41.0 Å². The molecule has 2 N–H and O–H groups in total. The first-order valence-corrected chi connectivity index (χ1v) is 14.4. The summed E-state index contributed by atoms with van der Waals surface area (Å²) < 4.78 is -0.925. The van der Waals surface area contributed by atoms with E-state index in [9.17, 15) is 24.6 Å². The van der Waals surface area contributed by atoms with Gasteiger partial charge in [-0.2, -0.15) is 0 Å². The molecule has 1 aromatic carbocycles. The average molecular weight is 600 g/mol. The second-order valence-corrected chi connectivity index (χ2v) is 13.1. The molecule has 2 bridgehead atoms.